The molecular formula is C6H11N3O3. The normalized spacial score (nSPS) is 10.3. The average Bonchev–Trinajstić information content (AvgIpc) is 1.98. The molecule has 0 aliphatic carbocycles. The lowest BCUT2D eigenvalue weighted by Gasteiger charge is -1.98. The van der Waals surface area contributed by atoms with Crippen molar-refractivity contribution in [3.05, 3.63) is 0 Å². The van der Waals surface area contributed by atoms with E-state index in [0.29, 0.717) is 6.42 Å². The number of aliphatic carboxylic acids is 1. The van der Waals surface area contributed by atoms with Crippen LogP contribution in [-0.2, 0) is 9.53 Å². The standard InChI is InChI=1S/C6H11N3O3/c7-5(3-9-8)1-2-12-4-6(10)11/h3,7H,1-2,4,8H2,(H,10,11). The second-order valence-corrected chi connectivity index (χ2v) is 2.00. The van der Waals surface area contributed by atoms with Crippen molar-refractivity contribution >= 4 is 17.9 Å². The molecule has 0 rings (SSSR count). The average molecular weight is 173 g/mol. The highest BCUT2D eigenvalue weighted by Gasteiger charge is 1.97. The molecule has 6 nitrogen and oxygen atoms in total. The van der Waals surface area contributed by atoms with E-state index in [-0.39, 0.29) is 18.9 Å². The second-order valence-electron chi connectivity index (χ2n) is 2.00. The first-order chi connectivity index (χ1) is 5.66. The summed E-state index contributed by atoms with van der Waals surface area (Å²) >= 11 is 0. The number of nitrogens with two attached hydrogens (primary N) is 1. The quantitative estimate of drug-likeness (QED) is 0.216. The largest absolute Gasteiger partial charge is 0.480 e. The summed E-state index contributed by atoms with van der Waals surface area (Å²) in [6.45, 7) is -0.149. The number of hydrogen-bond donors (Lipinski definition) is 3. The van der Waals surface area contributed by atoms with Crippen molar-refractivity contribution in [2.24, 2.45) is 10.9 Å². The molecule has 0 unspecified atom stereocenters. The minimum absolute atomic E-state index is 0.192. The minimum atomic E-state index is -1.02. The Bertz CT molecular complexity index is 190. The molecule has 0 fully saturated rings. The number of nitrogens with zero attached hydrogens (tertiary/aromatic N) is 1. The van der Waals surface area contributed by atoms with Crippen molar-refractivity contribution in [1.82, 2.24) is 0 Å². The van der Waals surface area contributed by atoms with E-state index in [1.54, 1.807) is 0 Å². The van der Waals surface area contributed by atoms with Gasteiger partial charge in [-0.3, -0.25) is 0 Å². The van der Waals surface area contributed by atoms with Crippen molar-refractivity contribution in [3.8, 4) is 0 Å². The van der Waals surface area contributed by atoms with E-state index in [1.807, 2.05) is 0 Å². The maximum atomic E-state index is 9.94. The van der Waals surface area contributed by atoms with Gasteiger partial charge in [0.15, 0.2) is 0 Å². The van der Waals surface area contributed by atoms with Crippen LogP contribution in [0, 0.1) is 5.41 Å². The van der Waals surface area contributed by atoms with Crippen molar-refractivity contribution in [3.63, 3.8) is 0 Å². The smallest absolute Gasteiger partial charge is 0.329 e. The van der Waals surface area contributed by atoms with Gasteiger partial charge in [-0.1, -0.05) is 0 Å². The van der Waals surface area contributed by atoms with E-state index < -0.39 is 5.97 Å². The van der Waals surface area contributed by atoms with Gasteiger partial charge in [-0.15, -0.1) is 0 Å². The van der Waals surface area contributed by atoms with Gasteiger partial charge in [-0.25, -0.2) is 4.79 Å². The maximum Gasteiger partial charge on any atom is 0.329 e. The Morgan fingerprint density at radius 1 is 1.75 bits per heavy atom. The SMILES string of the molecule is N=C(C=NN)CCOCC(=O)O. The molecule has 4 N–H and O–H groups in total. The van der Waals surface area contributed by atoms with E-state index in [4.69, 9.17) is 16.4 Å². The lowest BCUT2D eigenvalue weighted by molar-refractivity contribution is -0.142. The Morgan fingerprint density at radius 2 is 2.42 bits per heavy atom. The van der Waals surface area contributed by atoms with Crippen molar-refractivity contribution in [1.29, 1.82) is 5.41 Å². The van der Waals surface area contributed by atoms with Crippen LogP contribution in [0.2, 0.25) is 0 Å². The highest BCUT2D eigenvalue weighted by molar-refractivity contribution is 6.28. The molecule has 0 aromatic heterocycles. The summed E-state index contributed by atoms with van der Waals surface area (Å²) in [6, 6.07) is 0. The molecule has 0 aromatic carbocycles. The number of hydrogen-bond acceptors (Lipinski definition) is 5. The van der Waals surface area contributed by atoms with Crippen LogP contribution in [0.5, 0.6) is 0 Å². The Balaban J connectivity index is 3.31. The van der Waals surface area contributed by atoms with Crippen LogP contribution in [0.4, 0.5) is 0 Å². The molecule has 12 heavy (non-hydrogen) atoms. The summed E-state index contributed by atoms with van der Waals surface area (Å²) in [4.78, 5) is 9.94. The molecule has 6 heteroatoms. The summed E-state index contributed by atoms with van der Waals surface area (Å²) in [5, 5.41) is 18.4. The van der Waals surface area contributed by atoms with Gasteiger partial charge >= 0.3 is 5.97 Å². The predicted molar refractivity (Wildman–Crippen MR) is 43.5 cm³/mol. The fraction of sp³-hybridized carbons (Fsp3) is 0.500. The van der Waals surface area contributed by atoms with Crippen LogP contribution >= 0.6 is 0 Å². The fourth-order valence-electron chi connectivity index (χ4n) is 0.496. The molecule has 0 spiro atoms. The zero-order valence-corrected chi connectivity index (χ0v) is 6.49. The third-order valence-corrected chi connectivity index (χ3v) is 0.972. The van der Waals surface area contributed by atoms with Crippen LogP contribution in [0.1, 0.15) is 6.42 Å². The van der Waals surface area contributed by atoms with Crippen molar-refractivity contribution in [2.75, 3.05) is 13.2 Å². The summed E-state index contributed by atoms with van der Waals surface area (Å²) in [7, 11) is 0. The highest BCUT2D eigenvalue weighted by Crippen LogP contribution is 1.83. The van der Waals surface area contributed by atoms with Crippen LogP contribution in [-0.4, -0.2) is 36.2 Å². The molecule has 0 aromatic rings. The Morgan fingerprint density at radius 3 is 2.92 bits per heavy atom. The number of ether oxygens (including phenoxy) is 1. The first-order valence-corrected chi connectivity index (χ1v) is 3.27. The number of nitrogens with one attached hydrogen (secondary N) is 1. The molecular weight excluding hydrogens is 162 g/mol. The van der Waals surface area contributed by atoms with Crippen LogP contribution in [0.15, 0.2) is 5.10 Å². The maximum absolute atomic E-state index is 9.94. The second kappa shape index (κ2) is 6.29. The summed E-state index contributed by atoms with van der Waals surface area (Å²) < 4.78 is 4.67. The summed E-state index contributed by atoms with van der Waals surface area (Å²) in [6.07, 6.45) is 1.50. The molecule has 0 saturated heterocycles. The Hall–Kier alpha value is -1.43. The zero-order chi connectivity index (χ0) is 9.40. The third kappa shape index (κ3) is 6.69. The molecule has 0 saturated carbocycles. The van der Waals surface area contributed by atoms with Crippen LogP contribution < -0.4 is 5.84 Å². The first-order valence-electron chi connectivity index (χ1n) is 3.27. The van der Waals surface area contributed by atoms with Gasteiger partial charge in [0.2, 0.25) is 0 Å². The monoisotopic (exact) mass is 173 g/mol. The van der Waals surface area contributed by atoms with Gasteiger partial charge in [0.05, 0.1) is 18.5 Å². The molecule has 0 heterocycles. The molecule has 0 aliphatic rings. The molecule has 0 radical (unpaired) electrons. The van der Waals surface area contributed by atoms with E-state index in [1.165, 1.54) is 6.21 Å². The molecule has 0 bridgehead atoms. The van der Waals surface area contributed by atoms with Gasteiger partial charge in [0.1, 0.15) is 6.61 Å². The first kappa shape index (κ1) is 10.6. The number of carbonyl (C=O) groups is 1. The highest BCUT2D eigenvalue weighted by atomic mass is 16.5. The van der Waals surface area contributed by atoms with E-state index >= 15 is 0 Å². The van der Waals surface area contributed by atoms with Gasteiger partial charge < -0.3 is 21.1 Å². The van der Waals surface area contributed by atoms with E-state index in [2.05, 4.69) is 9.84 Å². The summed E-state index contributed by atoms with van der Waals surface area (Å²) in [5.74, 6) is 3.76. The summed E-state index contributed by atoms with van der Waals surface area (Å²) in [5.41, 5.74) is 0.211. The number of carboxylic acids is 1. The van der Waals surface area contributed by atoms with Gasteiger partial charge in [-0.2, -0.15) is 5.10 Å². The Labute approximate surface area is 69.5 Å². The molecule has 0 aliphatic heterocycles. The minimum Gasteiger partial charge on any atom is -0.480 e. The topological polar surface area (TPSA) is 109 Å². The zero-order valence-electron chi connectivity index (χ0n) is 6.49. The lowest BCUT2D eigenvalue weighted by Crippen LogP contribution is -2.11. The fourth-order valence-corrected chi connectivity index (χ4v) is 0.496. The number of rotatable bonds is 6. The number of hydrazone groups is 1. The van der Waals surface area contributed by atoms with Gasteiger partial charge in [0.25, 0.3) is 0 Å². The van der Waals surface area contributed by atoms with Crippen LogP contribution in [0.3, 0.4) is 0 Å². The number of carboxylic acid groups (broad SMARTS) is 1. The van der Waals surface area contributed by atoms with Crippen molar-refractivity contribution in [2.45, 2.75) is 6.42 Å². The lowest BCUT2D eigenvalue weighted by atomic mass is 10.3. The Kier molecular flexibility index (Phi) is 5.54. The molecule has 68 valence electrons. The third-order valence-electron chi connectivity index (χ3n) is 0.972. The van der Waals surface area contributed by atoms with Gasteiger partial charge in [0, 0.05) is 6.42 Å². The molecule has 0 amide bonds. The predicted octanol–water partition coefficient (Wildman–Crippen LogP) is -0.558. The van der Waals surface area contributed by atoms with Crippen LogP contribution in [0.25, 0.3) is 0 Å². The molecule has 0 atom stereocenters. The van der Waals surface area contributed by atoms with E-state index in [0.717, 1.165) is 0 Å². The van der Waals surface area contributed by atoms with E-state index in [9.17, 15) is 4.79 Å². The van der Waals surface area contributed by atoms with Crippen molar-refractivity contribution < 1.29 is 14.6 Å². The van der Waals surface area contributed by atoms with Gasteiger partial charge in [-0.05, 0) is 0 Å².